The Balaban J connectivity index is 1.71. The number of nitrogens with zero attached hydrogens (tertiary/aromatic N) is 2. The van der Waals surface area contributed by atoms with Crippen LogP contribution in [0.5, 0.6) is 0 Å². The number of amides is 2. The Labute approximate surface area is 146 Å². The molecule has 25 heavy (non-hydrogen) atoms. The molecule has 6 heteroatoms. The summed E-state index contributed by atoms with van der Waals surface area (Å²) in [6, 6.07) is 9.54. The third kappa shape index (κ3) is 4.21. The van der Waals surface area contributed by atoms with Crippen LogP contribution in [0.3, 0.4) is 0 Å². The number of rotatable bonds is 6. The van der Waals surface area contributed by atoms with Crippen molar-refractivity contribution in [1.29, 1.82) is 0 Å². The van der Waals surface area contributed by atoms with Crippen molar-refractivity contribution in [2.45, 2.75) is 32.1 Å². The molecule has 0 saturated heterocycles. The predicted octanol–water partition coefficient (Wildman–Crippen LogP) is 2.09. The van der Waals surface area contributed by atoms with Crippen LogP contribution in [-0.4, -0.2) is 28.3 Å². The van der Waals surface area contributed by atoms with Gasteiger partial charge in [0.05, 0.1) is 11.3 Å². The smallest absolute Gasteiger partial charge is 0.252 e. The Morgan fingerprint density at radius 2 is 1.88 bits per heavy atom. The van der Waals surface area contributed by atoms with Crippen LogP contribution in [0.25, 0.3) is 11.4 Å². The minimum absolute atomic E-state index is 0.0930. The van der Waals surface area contributed by atoms with Crippen molar-refractivity contribution in [2.24, 2.45) is 11.7 Å². The first-order chi connectivity index (χ1) is 12.1. The Morgan fingerprint density at radius 1 is 1.16 bits per heavy atom. The standard InChI is InChI=1S/C19H22N4O2/c20-17(24)15-12-22-18(13-6-2-1-3-7-13)23-16(15)10-11-21-19(25)14-8-4-5-9-14/h1-3,6-7,12,14H,4-5,8-11H2,(H2,20,24)(H,21,25). The van der Waals surface area contributed by atoms with E-state index in [0.717, 1.165) is 31.2 Å². The van der Waals surface area contributed by atoms with E-state index in [4.69, 9.17) is 5.73 Å². The van der Waals surface area contributed by atoms with E-state index in [9.17, 15) is 9.59 Å². The lowest BCUT2D eigenvalue weighted by Crippen LogP contribution is -2.31. The maximum atomic E-state index is 12.1. The number of carbonyl (C=O) groups is 2. The van der Waals surface area contributed by atoms with Crippen LogP contribution in [0.15, 0.2) is 36.5 Å². The van der Waals surface area contributed by atoms with E-state index in [1.165, 1.54) is 6.20 Å². The number of nitrogens with one attached hydrogen (secondary N) is 1. The van der Waals surface area contributed by atoms with Gasteiger partial charge < -0.3 is 11.1 Å². The van der Waals surface area contributed by atoms with Gasteiger partial charge in [0.1, 0.15) is 0 Å². The minimum atomic E-state index is -0.559. The second-order valence-electron chi connectivity index (χ2n) is 6.31. The Bertz CT molecular complexity index is 755. The van der Waals surface area contributed by atoms with E-state index in [1.807, 2.05) is 30.3 Å². The van der Waals surface area contributed by atoms with Gasteiger partial charge in [0.25, 0.3) is 5.91 Å². The summed E-state index contributed by atoms with van der Waals surface area (Å²) in [4.78, 5) is 32.5. The number of aromatic nitrogens is 2. The summed E-state index contributed by atoms with van der Waals surface area (Å²) < 4.78 is 0. The number of carbonyl (C=O) groups excluding carboxylic acids is 2. The summed E-state index contributed by atoms with van der Waals surface area (Å²) >= 11 is 0. The normalized spacial score (nSPS) is 14.4. The molecule has 1 fully saturated rings. The van der Waals surface area contributed by atoms with Crippen LogP contribution < -0.4 is 11.1 Å². The molecule has 2 amide bonds. The highest BCUT2D eigenvalue weighted by Gasteiger charge is 2.22. The third-order valence-corrected chi connectivity index (χ3v) is 4.55. The number of hydrogen-bond acceptors (Lipinski definition) is 4. The van der Waals surface area contributed by atoms with E-state index >= 15 is 0 Å². The van der Waals surface area contributed by atoms with Crippen molar-refractivity contribution < 1.29 is 9.59 Å². The lowest BCUT2D eigenvalue weighted by molar-refractivity contribution is -0.124. The van der Waals surface area contributed by atoms with Crippen molar-refractivity contribution in [3.63, 3.8) is 0 Å². The molecular weight excluding hydrogens is 316 g/mol. The van der Waals surface area contributed by atoms with Gasteiger partial charge >= 0.3 is 0 Å². The highest BCUT2D eigenvalue weighted by molar-refractivity contribution is 5.93. The van der Waals surface area contributed by atoms with Gasteiger partial charge in [0.15, 0.2) is 5.82 Å². The van der Waals surface area contributed by atoms with E-state index in [1.54, 1.807) is 0 Å². The zero-order valence-electron chi connectivity index (χ0n) is 14.1. The molecule has 1 heterocycles. The second kappa shape index (κ2) is 7.88. The summed E-state index contributed by atoms with van der Waals surface area (Å²) in [5, 5.41) is 2.95. The summed E-state index contributed by atoms with van der Waals surface area (Å²) in [6.07, 6.45) is 6.07. The van der Waals surface area contributed by atoms with Crippen molar-refractivity contribution in [3.05, 3.63) is 47.8 Å². The monoisotopic (exact) mass is 338 g/mol. The first kappa shape index (κ1) is 17.1. The molecule has 0 atom stereocenters. The molecule has 0 aliphatic heterocycles. The summed E-state index contributed by atoms with van der Waals surface area (Å²) in [5.41, 5.74) is 7.16. The molecule has 0 radical (unpaired) electrons. The fraction of sp³-hybridized carbons (Fsp3) is 0.368. The number of primary amides is 1. The average molecular weight is 338 g/mol. The topological polar surface area (TPSA) is 98.0 Å². The fourth-order valence-corrected chi connectivity index (χ4v) is 3.18. The molecule has 1 aromatic carbocycles. The third-order valence-electron chi connectivity index (χ3n) is 4.55. The minimum Gasteiger partial charge on any atom is -0.365 e. The lowest BCUT2D eigenvalue weighted by Gasteiger charge is -2.12. The van der Waals surface area contributed by atoms with E-state index in [-0.39, 0.29) is 11.8 Å². The number of benzene rings is 1. The maximum absolute atomic E-state index is 12.1. The SMILES string of the molecule is NC(=O)c1cnc(-c2ccccc2)nc1CCNC(=O)C1CCCC1. The molecule has 2 aromatic rings. The summed E-state index contributed by atoms with van der Waals surface area (Å²) in [6.45, 7) is 0.431. The van der Waals surface area contributed by atoms with Gasteiger partial charge in [0.2, 0.25) is 5.91 Å². The lowest BCUT2D eigenvalue weighted by atomic mass is 10.1. The Morgan fingerprint density at radius 3 is 2.56 bits per heavy atom. The molecule has 1 aliphatic rings. The largest absolute Gasteiger partial charge is 0.365 e. The van der Waals surface area contributed by atoms with Gasteiger partial charge in [0, 0.05) is 30.6 Å². The van der Waals surface area contributed by atoms with Crippen LogP contribution in [-0.2, 0) is 11.2 Å². The predicted molar refractivity (Wildman–Crippen MR) is 94.7 cm³/mol. The quantitative estimate of drug-likeness (QED) is 0.842. The van der Waals surface area contributed by atoms with E-state index in [2.05, 4.69) is 15.3 Å². The van der Waals surface area contributed by atoms with E-state index < -0.39 is 5.91 Å². The first-order valence-electron chi connectivity index (χ1n) is 8.64. The average Bonchev–Trinajstić information content (AvgIpc) is 3.17. The Kier molecular flexibility index (Phi) is 5.38. The van der Waals surface area contributed by atoms with Gasteiger partial charge in [-0.25, -0.2) is 9.97 Å². The van der Waals surface area contributed by atoms with Crippen LogP contribution in [0, 0.1) is 5.92 Å². The van der Waals surface area contributed by atoms with Gasteiger partial charge in [-0.1, -0.05) is 43.2 Å². The molecule has 0 spiro atoms. The number of nitrogens with two attached hydrogens (primary N) is 1. The highest BCUT2D eigenvalue weighted by Crippen LogP contribution is 2.24. The molecule has 0 unspecified atom stereocenters. The highest BCUT2D eigenvalue weighted by atomic mass is 16.2. The zero-order chi connectivity index (χ0) is 17.6. The molecule has 1 aliphatic carbocycles. The van der Waals surface area contributed by atoms with Crippen LogP contribution in [0.4, 0.5) is 0 Å². The van der Waals surface area contributed by atoms with E-state index in [0.29, 0.717) is 30.0 Å². The van der Waals surface area contributed by atoms with Gasteiger partial charge in [-0.2, -0.15) is 0 Å². The molecular formula is C19H22N4O2. The fourth-order valence-electron chi connectivity index (χ4n) is 3.18. The van der Waals surface area contributed by atoms with Gasteiger partial charge in [-0.3, -0.25) is 9.59 Å². The molecule has 0 bridgehead atoms. The first-order valence-corrected chi connectivity index (χ1v) is 8.64. The summed E-state index contributed by atoms with van der Waals surface area (Å²) in [5.74, 6) is 0.204. The molecule has 6 nitrogen and oxygen atoms in total. The number of hydrogen-bond donors (Lipinski definition) is 2. The van der Waals surface area contributed by atoms with Crippen molar-refractivity contribution >= 4 is 11.8 Å². The van der Waals surface area contributed by atoms with Crippen LogP contribution in [0.2, 0.25) is 0 Å². The zero-order valence-corrected chi connectivity index (χ0v) is 14.1. The van der Waals surface area contributed by atoms with Crippen LogP contribution >= 0.6 is 0 Å². The van der Waals surface area contributed by atoms with Crippen LogP contribution in [0.1, 0.15) is 41.7 Å². The molecule has 1 saturated carbocycles. The van der Waals surface area contributed by atoms with Gasteiger partial charge in [-0.15, -0.1) is 0 Å². The van der Waals surface area contributed by atoms with Crippen molar-refractivity contribution in [2.75, 3.05) is 6.54 Å². The van der Waals surface area contributed by atoms with Crippen molar-refractivity contribution in [1.82, 2.24) is 15.3 Å². The molecule has 3 rings (SSSR count). The summed E-state index contributed by atoms with van der Waals surface area (Å²) in [7, 11) is 0. The Hall–Kier alpha value is -2.76. The molecule has 130 valence electrons. The second-order valence-corrected chi connectivity index (χ2v) is 6.31. The molecule has 1 aromatic heterocycles. The maximum Gasteiger partial charge on any atom is 0.252 e. The van der Waals surface area contributed by atoms with Gasteiger partial charge in [-0.05, 0) is 12.8 Å². The van der Waals surface area contributed by atoms with Crippen molar-refractivity contribution in [3.8, 4) is 11.4 Å². The molecule has 3 N–H and O–H groups in total.